The lowest BCUT2D eigenvalue weighted by atomic mass is 10.3. The molecule has 1 unspecified atom stereocenters. The van der Waals surface area contributed by atoms with E-state index in [1.54, 1.807) is 24.4 Å². The van der Waals surface area contributed by atoms with Gasteiger partial charge in [0.05, 0.1) is 16.0 Å². The molecular weight excluding hydrogens is 317 g/mol. The fraction of sp³-hybridized carbons (Fsp3) is 0.231. The molecule has 7 heteroatoms. The van der Waals surface area contributed by atoms with E-state index in [1.165, 1.54) is 11.8 Å². The van der Waals surface area contributed by atoms with Crippen molar-refractivity contribution in [2.24, 2.45) is 7.05 Å². The normalized spacial score (nSPS) is 12.2. The number of carbonyl (C=O) groups is 1. The third-order valence-corrected chi connectivity index (χ3v) is 4.35. The molecule has 0 bridgehead atoms. The molecule has 1 heterocycles. The van der Waals surface area contributed by atoms with Gasteiger partial charge in [-0.25, -0.2) is 4.98 Å². The average Bonchev–Trinajstić information content (AvgIpc) is 2.79. The third-order valence-electron chi connectivity index (χ3n) is 2.61. The number of carbonyl (C=O) groups excluding carboxylic acids is 1. The summed E-state index contributed by atoms with van der Waals surface area (Å²) in [6.45, 7) is 1.81. The number of aromatic nitrogens is 2. The predicted octanol–water partition coefficient (Wildman–Crippen LogP) is 3.85. The Bertz CT molecular complexity index is 630. The number of nitrogens with one attached hydrogen (secondary N) is 1. The van der Waals surface area contributed by atoms with Crippen molar-refractivity contribution in [2.45, 2.75) is 17.3 Å². The number of nitrogens with zero attached hydrogens (tertiary/aromatic N) is 2. The lowest BCUT2D eigenvalue weighted by Gasteiger charge is -2.12. The SMILES string of the molecule is CC(Sc1nccn1C)C(=O)Nc1cc(Cl)ccc1Cl. The lowest BCUT2D eigenvalue weighted by Crippen LogP contribution is -2.23. The molecule has 0 saturated heterocycles. The van der Waals surface area contributed by atoms with Crippen LogP contribution in [0.25, 0.3) is 0 Å². The van der Waals surface area contributed by atoms with E-state index < -0.39 is 0 Å². The molecule has 0 aliphatic carbocycles. The zero-order valence-corrected chi connectivity index (χ0v) is 13.3. The molecule has 0 aliphatic rings. The van der Waals surface area contributed by atoms with Crippen LogP contribution in [0.15, 0.2) is 35.7 Å². The van der Waals surface area contributed by atoms with Crippen molar-refractivity contribution in [1.29, 1.82) is 0 Å². The summed E-state index contributed by atoms with van der Waals surface area (Å²) in [7, 11) is 1.88. The number of hydrogen-bond acceptors (Lipinski definition) is 3. The van der Waals surface area contributed by atoms with Crippen molar-refractivity contribution < 1.29 is 4.79 Å². The van der Waals surface area contributed by atoms with Crippen molar-refractivity contribution in [3.63, 3.8) is 0 Å². The first-order chi connectivity index (χ1) is 9.47. The van der Waals surface area contributed by atoms with Gasteiger partial charge in [0.15, 0.2) is 5.16 Å². The Kier molecular flexibility index (Phi) is 4.96. The maximum Gasteiger partial charge on any atom is 0.237 e. The third kappa shape index (κ3) is 3.69. The highest BCUT2D eigenvalue weighted by atomic mass is 35.5. The van der Waals surface area contributed by atoms with Crippen LogP contribution in [-0.2, 0) is 11.8 Å². The molecule has 1 amide bonds. The highest BCUT2D eigenvalue weighted by Crippen LogP contribution is 2.27. The number of halogens is 2. The van der Waals surface area contributed by atoms with Gasteiger partial charge >= 0.3 is 0 Å². The fourth-order valence-electron chi connectivity index (χ4n) is 1.50. The second-order valence-electron chi connectivity index (χ2n) is 4.19. The Balaban J connectivity index is 2.04. The van der Waals surface area contributed by atoms with E-state index >= 15 is 0 Å². The maximum absolute atomic E-state index is 12.1. The number of rotatable bonds is 4. The Morgan fingerprint density at radius 3 is 2.85 bits per heavy atom. The molecular formula is C13H13Cl2N3OS. The van der Waals surface area contributed by atoms with Gasteiger partial charge in [-0.05, 0) is 25.1 Å². The fourth-order valence-corrected chi connectivity index (χ4v) is 2.67. The van der Waals surface area contributed by atoms with Crippen LogP contribution in [0, 0.1) is 0 Å². The molecule has 2 rings (SSSR count). The van der Waals surface area contributed by atoms with E-state index in [9.17, 15) is 4.79 Å². The standard InChI is InChI=1S/C13H13Cl2N3OS/c1-8(20-13-16-5-6-18(13)2)12(19)17-11-7-9(14)3-4-10(11)15/h3-8H,1-2H3,(H,17,19). The molecule has 1 atom stereocenters. The summed E-state index contributed by atoms with van der Waals surface area (Å²) in [5.41, 5.74) is 0.511. The molecule has 1 aromatic heterocycles. The number of benzene rings is 1. The van der Waals surface area contributed by atoms with Crippen LogP contribution >= 0.6 is 35.0 Å². The summed E-state index contributed by atoms with van der Waals surface area (Å²) >= 11 is 13.3. The first kappa shape index (κ1) is 15.2. The molecule has 0 aliphatic heterocycles. The molecule has 0 spiro atoms. The number of imidazole rings is 1. The van der Waals surface area contributed by atoms with Gasteiger partial charge in [-0.1, -0.05) is 35.0 Å². The average molecular weight is 330 g/mol. The number of hydrogen-bond donors (Lipinski definition) is 1. The van der Waals surface area contributed by atoms with Crippen LogP contribution in [0.1, 0.15) is 6.92 Å². The minimum atomic E-state index is -0.300. The van der Waals surface area contributed by atoms with Gasteiger partial charge in [0.25, 0.3) is 0 Å². The van der Waals surface area contributed by atoms with Crippen LogP contribution < -0.4 is 5.32 Å². The Labute approximate surface area is 131 Å². The van der Waals surface area contributed by atoms with Gasteiger partial charge in [-0.15, -0.1) is 0 Å². The molecule has 4 nitrogen and oxygen atoms in total. The lowest BCUT2D eigenvalue weighted by molar-refractivity contribution is -0.115. The smallest absolute Gasteiger partial charge is 0.237 e. The van der Waals surface area contributed by atoms with E-state index in [-0.39, 0.29) is 11.2 Å². The van der Waals surface area contributed by atoms with Gasteiger partial charge in [-0.3, -0.25) is 4.79 Å². The number of amides is 1. The van der Waals surface area contributed by atoms with Gasteiger partial charge in [0.2, 0.25) is 5.91 Å². The topological polar surface area (TPSA) is 46.9 Å². The van der Waals surface area contributed by atoms with Gasteiger partial charge in [-0.2, -0.15) is 0 Å². The zero-order valence-electron chi connectivity index (χ0n) is 10.9. The largest absolute Gasteiger partial charge is 0.329 e. The van der Waals surface area contributed by atoms with Crippen LogP contribution in [-0.4, -0.2) is 20.7 Å². The zero-order chi connectivity index (χ0) is 14.7. The highest BCUT2D eigenvalue weighted by Gasteiger charge is 2.17. The van der Waals surface area contributed by atoms with Gasteiger partial charge < -0.3 is 9.88 Å². The van der Waals surface area contributed by atoms with E-state index in [4.69, 9.17) is 23.2 Å². The van der Waals surface area contributed by atoms with Crippen molar-refractivity contribution in [3.05, 3.63) is 40.6 Å². The first-order valence-corrected chi connectivity index (χ1v) is 7.51. The molecule has 0 radical (unpaired) electrons. The van der Waals surface area contributed by atoms with Gasteiger partial charge in [0.1, 0.15) is 0 Å². The van der Waals surface area contributed by atoms with Gasteiger partial charge in [0, 0.05) is 24.5 Å². The first-order valence-electron chi connectivity index (χ1n) is 5.87. The summed E-state index contributed by atoms with van der Waals surface area (Å²) in [5.74, 6) is -0.151. The van der Waals surface area contributed by atoms with Crippen molar-refractivity contribution in [1.82, 2.24) is 9.55 Å². The molecule has 1 N–H and O–H groups in total. The Morgan fingerprint density at radius 1 is 1.45 bits per heavy atom. The van der Waals surface area contributed by atoms with Crippen molar-refractivity contribution in [2.75, 3.05) is 5.32 Å². The number of aryl methyl sites for hydroxylation is 1. The molecule has 20 heavy (non-hydrogen) atoms. The monoisotopic (exact) mass is 329 g/mol. The highest BCUT2D eigenvalue weighted by molar-refractivity contribution is 8.00. The van der Waals surface area contributed by atoms with E-state index in [1.807, 2.05) is 24.7 Å². The minimum Gasteiger partial charge on any atom is -0.329 e. The van der Waals surface area contributed by atoms with Crippen LogP contribution in [0.2, 0.25) is 10.0 Å². The van der Waals surface area contributed by atoms with Crippen LogP contribution in [0.5, 0.6) is 0 Å². The maximum atomic E-state index is 12.1. The summed E-state index contributed by atoms with van der Waals surface area (Å²) in [4.78, 5) is 16.3. The molecule has 1 aromatic carbocycles. The van der Waals surface area contributed by atoms with Crippen LogP contribution in [0.4, 0.5) is 5.69 Å². The summed E-state index contributed by atoms with van der Waals surface area (Å²) < 4.78 is 1.86. The second kappa shape index (κ2) is 6.52. The number of anilines is 1. The Morgan fingerprint density at radius 2 is 2.20 bits per heavy atom. The predicted molar refractivity (Wildman–Crippen MR) is 83.6 cm³/mol. The Hall–Kier alpha value is -1.17. The molecule has 0 saturated carbocycles. The van der Waals surface area contributed by atoms with Crippen LogP contribution in [0.3, 0.4) is 0 Å². The summed E-state index contributed by atoms with van der Waals surface area (Å²) in [6.07, 6.45) is 3.53. The number of thioether (sulfide) groups is 1. The van der Waals surface area contributed by atoms with E-state index in [2.05, 4.69) is 10.3 Å². The second-order valence-corrected chi connectivity index (χ2v) is 6.35. The van der Waals surface area contributed by atoms with Crippen molar-refractivity contribution >= 4 is 46.6 Å². The van der Waals surface area contributed by atoms with Crippen molar-refractivity contribution in [3.8, 4) is 0 Å². The quantitative estimate of drug-likeness (QED) is 0.866. The molecule has 0 fully saturated rings. The van der Waals surface area contributed by atoms with E-state index in [0.29, 0.717) is 15.7 Å². The molecule has 2 aromatic rings. The summed E-state index contributed by atoms with van der Waals surface area (Å²) in [5, 5.41) is 4.23. The minimum absolute atomic E-state index is 0.151. The molecule has 106 valence electrons. The summed E-state index contributed by atoms with van der Waals surface area (Å²) in [6, 6.07) is 4.95. The van der Waals surface area contributed by atoms with E-state index in [0.717, 1.165) is 5.16 Å².